The topological polar surface area (TPSA) is 71.3 Å². The maximum atomic E-state index is 13.1. The molecule has 0 unspecified atom stereocenters. The molecule has 2 heterocycles. The number of halogens is 1. The fraction of sp³-hybridized carbons (Fsp3) is 0.250. The SMILES string of the molecule is O=C(c1ccccc1-c1nc(-c2cccc(Cl)c2)no1)N1CCCNCC1. The maximum absolute atomic E-state index is 13.1. The number of amides is 1. The summed E-state index contributed by atoms with van der Waals surface area (Å²) in [5.74, 6) is 0.743. The van der Waals surface area contributed by atoms with Gasteiger partial charge >= 0.3 is 0 Å². The molecule has 0 bridgehead atoms. The maximum Gasteiger partial charge on any atom is 0.259 e. The zero-order chi connectivity index (χ0) is 18.6. The van der Waals surface area contributed by atoms with Gasteiger partial charge in [-0.25, -0.2) is 0 Å². The van der Waals surface area contributed by atoms with Crippen LogP contribution in [-0.4, -0.2) is 47.1 Å². The summed E-state index contributed by atoms with van der Waals surface area (Å²) < 4.78 is 5.46. The minimum atomic E-state index is -0.0168. The van der Waals surface area contributed by atoms with Crippen molar-refractivity contribution >= 4 is 17.5 Å². The highest BCUT2D eigenvalue weighted by Crippen LogP contribution is 2.27. The second kappa shape index (κ2) is 7.90. The van der Waals surface area contributed by atoms with E-state index < -0.39 is 0 Å². The third-order valence-corrected chi connectivity index (χ3v) is 4.76. The lowest BCUT2D eigenvalue weighted by Crippen LogP contribution is -2.34. The van der Waals surface area contributed by atoms with E-state index in [1.165, 1.54) is 0 Å². The minimum absolute atomic E-state index is 0.0168. The average molecular weight is 383 g/mol. The Kier molecular flexibility index (Phi) is 5.18. The molecule has 138 valence electrons. The van der Waals surface area contributed by atoms with E-state index in [9.17, 15) is 4.79 Å². The number of hydrogen-bond donors (Lipinski definition) is 1. The molecule has 0 atom stereocenters. The van der Waals surface area contributed by atoms with Gasteiger partial charge in [0.05, 0.1) is 11.1 Å². The van der Waals surface area contributed by atoms with Crippen LogP contribution in [0.2, 0.25) is 5.02 Å². The molecule has 0 saturated carbocycles. The van der Waals surface area contributed by atoms with E-state index in [0.717, 1.165) is 31.6 Å². The minimum Gasteiger partial charge on any atom is -0.337 e. The molecule has 7 heteroatoms. The van der Waals surface area contributed by atoms with E-state index in [1.807, 2.05) is 35.2 Å². The first-order chi connectivity index (χ1) is 13.2. The van der Waals surface area contributed by atoms with E-state index in [-0.39, 0.29) is 5.91 Å². The number of aromatic nitrogens is 2. The van der Waals surface area contributed by atoms with Crippen molar-refractivity contribution in [3.8, 4) is 22.8 Å². The van der Waals surface area contributed by atoms with Gasteiger partial charge in [-0.05, 0) is 37.2 Å². The van der Waals surface area contributed by atoms with Crippen molar-refractivity contribution in [2.24, 2.45) is 0 Å². The predicted molar refractivity (Wildman–Crippen MR) is 104 cm³/mol. The molecule has 0 aliphatic carbocycles. The Morgan fingerprint density at radius 2 is 2.00 bits per heavy atom. The number of carbonyl (C=O) groups is 1. The Morgan fingerprint density at radius 3 is 2.89 bits per heavy atom. The molecule has 1 amide bonds. The fourth-order valence-electron chi connectivity index (χ4n) is 3.15. The molecule has 0 spiro atoms. The van der Waals surface area contributed by atoms with Crippen LogP contribution in [0, 0.1) is 0 Å². The lowest BCUT2D eigenvalue weighted by Gasteiger charge is -2.20. The first kappa shape index (κ1) is 17.7. The first-order valence-electron chi connectivity index (χ1n) is 8.91. The molecule has 27 heavy (non-hydrogen) atoms. The zero-order valence-electron chi connectivity index (χ0n) is 14.7. The third-order valence-electron chi connectivity index (χ3n) is 4.52. The number of carbonyl (C=O) groups excluding carboxylic acids is 1. The number of rotatable bonds is 3. The molecule has 4 rings (SSSR count). The summed E-state index contributed by atoms with van der Waals surface area (Å²) in [6, 6.07) is 14.6. The molecule has 2 aromatic carbocycles. The second-order valence-electron chi connectivity index (χ2n) is 6.37. The van der Waals surface area contributed by atoms with Crippen LogP contribution < -0.4 is 5.32 Å². The Labute approximate surface area is 162 Å². The summed E-state index contributed by atoms with van der Waals surface area (Å²) in [7, 11) is 0. The molecule has 1 N–H and O–H groups in total. The predicted octanol–water partition coefficient (Wildman–Crippen LogP) is 3.49. The van der Waals surface area contributed by atoms with Gasteiger partial charge in [-0.3, -0.25) is 4.79 Å². The van der Waals surface area contributed by atoms with Crippen LogP contribution in [0.15, 0.2) is 53.1 Å². The van der Waals surface area contributed by atoms with E-state index in [4.69, 9.17) is 16.1 Å². The van der Waals surface area contributed by atoms with Crippen molar-refractivity contribution in [3.05, 3.63) is 59.1 Å². The fourth-order valence-corrected chi connectivity index (χ4v) is 3.34. The van der Waals surface area contributed by atoms with Gasteiger partial charge in [0.15, 0.2) is 0 Å². The molecular weight excluding hydrogens is 364 g/mol. The highest BCUT2D eigenvalue weighted by molar-refractivity contribution is 6.30. The van der Waals surface area contributed by atoms with Gasteiger partial charge in [-0.15, -0.1) is 0 Å². The quantitative estimate of drug-likeness (QED) is 0.750. The molecule has 1 saturated heterocycles. The molecule has 1 aliphatic heterocycles. The van der Waals surface area contributed by atoms with E-state index >= 15 is 0 Å². The molecule has 3 aromatic rings. The highest BCUT2D eigenvalue weighted by atomic mass is 35.5. The van der Waals surface area contributed by atoms with Gasteiger partial charge in [0.2, 0.25) is 5.82 Å². The summed E-state index contributed by atoms with van der Waals surface area (Å²) in [6.45, 7) is 3.15. The van der Waals surface area contributed by atoms with Crippen molar-refractivity contribution in [3.63, 3.8) is 0 Å². The average Bonchev–Trinajstić information content (AvgIpc) is 3.03. The van der Waals surface area contributed by atoms with Crippen molar-refractivity contribution in [2.75, 3.05) is 26.2 Å². The third kappa shape index (κ3) is 3.86. The summed E-state index contributed by atoms with van der Waals surface area (Å²) in [4.78, 5) is 19.4. The van der Waals surface area contributed by atoms with Gasteiger partial charge in [-0.1, -0.05) is 41.0 Å². The number of benzene rings is 2. The molecule has 1 aliphatic rings. The van der Waals surface area contributed by atoms with Crippen molar-refractivity contribution < 1.29 is 9.32 Å². The molecule has 0 radical (unpaired) electrons. The van der Waals surface area contributed by atoms with Gasteiger partial charge < -0.3 is 14.7 Å². The van der Waals surface area contributed by atoms with E-state index in [1.54, 1.807) is 18.2 Å². The summed E-state index contributed by atoms with van der Waals surface area (Å²) in [6.07, 6.45) is 0.938. The van der Waals surface area contributed by atoms with Gasteiger partial charge in [0.1, 0.15) is 0 Å². The largest absolute Gasteiger partial charge is 0.337 e. The van der Waals surface area contributed by atoms with Crippen LogP contribution in [0.1, 0.15) is 16.8 Å². The zero-order valence-corrected chi connectivity index (χ0v) is 15.4. The molecule has 1 aromatic heterocycles. The van der Waals surface area contributed by atoms with Gasteiger partial charge in [0, 0.05) is 30.2 Å². The van der Waals surface area contributed by atoms with E-state index in [0.29, 0.717) is 34.4 Å². The van der Waals surface area contributed by atoms with Crippen molar-refractivity contribution in [1.29, 1.82) is 0 Å². The van der Waals surface area contributed by atoms with Gasteiger partial charge in [0.25, 0.3) is 11.8 Å². The van der Waals surface area contributed by atoms with Crippen LogP contribution in [0.25, 0.3) is 22.8 Å². The lowest BCUT2D eigenvalue weighted by molar-refractivity contribution is 0.0767. The second-order valence-corrected chi connectivity index (χ2v) is 6.81. The van der Waals surface area contributed by atoms with Gasteiger partial charge in [-0.2, -0.15) is 4.98 Å². The Bertz CT molecular complexity index is 948. The van der Waals surface area contributed by atoms with E-state index in [2.05, 4.69) is 15.5 Å². The monoisotopic (exact) mass is 382 g/mol. The van der Waals surface area contributed by atoms with Crippen LogP contribution >= 0.6 is 11.6 Å². The molecular formula is C20H19ClN4O2. The summed E-state index contributed by atoms with van der Waals surface area (Å²) in [5, 5.41) is 7.96. The number of nitrogens with zero attached hydrogens (tertiary/aromatic N) is 3. The van der Waals surface area contributed by atoms with Crippen LogP contribution in [0.4, 0.5) is 0 Å². The molecule has 6 nitrogen and oxygen atoms in total. The molecule has 1 fully saturated rings. The smallest absolute Gasteiger partial charge is 0.259 e. The summed E-state index contributed by atoms with van der Waals surface area (Å²) in [5.41, 5.74) is 1.97. The normalized spacial score (nSPS) is 14.8. The number of nitrogens with one attached hydrogen (secondary N) is 1. The first-order valence-corrected chi connectivity index (χ1v) is 9.29. The standard InChI is InChI=1S/C20H19ClN4O2/c21-15-6-3-5-14(13-15)18-23-19(27-24-18)16-7-1-2-8-17(16)20(26)25-11-4-9-22-10-12-25/h1-3,5-8,13,22H,4,9-12H2. The van der Waals surface area contributed by atoms with Crippen LogP contribution in [-0.2, 0) is 0 Å². The van der Waals surface area contributed by atoms with Crippen LogP contribution in [0.5, 0.6) is 0 Å². The highest BCUT2D eigenvalue weighted by Gasteiger charge is 2.23. The number of hydrogen-bond acceptors (Lipinski definition) is 5. The summed E-state index contributed by atoms with van der Waals surface area (Å²) >= 11 is 6.04. The van der Waals surface area contributed by atoms with Crippen LogP contribution in [0.3, 0.4) is 0 Å². The Balaban J connectivity index is 1.66. The Hall–Kier alpha value is -2.70. The van der Waals surface area contributed by atoms with Crippen molar-refractivity contribution in [2.45, 2.75) is 6.42 Å². The lowest BCUT2D eigenvalue weighted by atomic mass is 10.1. The Morgan fingerprint density at radius 1 is 1.11 bits per heavy atom. The van der Waals surface area contributed by atoms with Crippen molar-refractivity contribution in [1.82, 2.24) is 20.4 Å².